The van der Waals surface area contributed by atoms with Crippen molar-refractivity contribution in [2.24, 2.45) is 5.84 Å². The van der Waals surface area contributed by atoms with E-state index in [0.717, 1.165) is 34.2 Å². The van der Waals surface area contributed by atoms with E-state index in [0.29, 0.717) is 24.3 Å². The number of pyridine rings is 1. The van der Waals surface area contributed by atoms with E-state index in [-0.39, 0.29) is 17.5 Å². The maximum absolute atomic E-state index is 12.7. The van der Waals surface area contributed by atoms with Crippen LogP contribution in [0.25, 0.3) is 21.3 Å². The first-order chi connectivity index (χ1) is 16.9. The number of nitrogens with two attached hydrogens (primary N) is 1. The minimum atomic E-state index is -0.879. The number of nitrogens with one attached hydrogen (secondary N) is 1. The van der Waals surface area contributed by atoms with Crippen LogP contribution in [0.15, 0.2) is 53.7 Å². The van der Waals surface area contributed by atoms with Crippen LogP contribution in [0.4, 0.5) is 4.79 Å². The van der Waals surface area contributed by atoms with Gasteiger partial charge in [0.1, 0.15) is 0 Å². The highest BCUT2D eigenvalue weighted by Gasteiger charge is 2.24. The van der Waals surface area contributed by atoms with E-state index < -0.39 is 12.0 Å². The molecule has 0 saturated carbocycles. The molecular weight excluding hydrogens is 470 g/mol. The molecule has 0 aliphatic carbocycles. The SMILES string of the molecule is NNC(=O)c1ccc(Cn2c(=O)sc3cc(-c4cnn(C5CCN(C(=O)O)CC5)c4)ccc32)nc1. The van der Waals surface area contributed by atoms with Crippen molar-refractivity contribution in [3.63, 3.8) is 0 Å². The van der Waals surface area contributed by atoms with E-state index in [2.05, 4.69) is 15.5 Å². The van der Waals surface area contributed by atoms with Crippen molar-refractivity contribution in [3.8, 4) is 11.1 Å². The zero-order valence-electron chi connectivity index (χ0n) is 18.6. The number of carbonyl (C=O) groups excluding carboxylic acids is 1. The molecule has 1 aromatic carbocycles. The van der Waals surface area contributed by atoms with Crippen LogP contribution in [0.1, 0.15) is 34.9 Å². The van der Waals surface area contributed by atoms with Crippen LogP contribution in [0.5, 0.6) is 0 Å². The average molecular weight is 494 g/mol. The number of benzene rings is 1. The van der Waals surface area contributed by atoms with Crippen molar-refractivity contribution in [2.45, 2.75) is 25.4 Å². The van der Waals surface area contributed by atoms with Crippen LogP contribution < -0.4 is 16.1 Å². The second-order valence-electron chi connectivity index (χ2n) is 8.36. The topological polar surface area (TPSA) is 148 Å². The summed E-state index contributed by atoms with van der Waals surface area (Å²) in [5, 5.41) is 13.6. The summed E-state index contributed by atoms with van der Waals surface area (Å²) in [6.45, 7) is 1.29. The van der Waals surface area contributed by atoms with Gasteiger partial charge in [0, 0.05) is 31.0 Å². The third-order valence-electron chi connectivity index (χ3n) is 6.25. The van der Waals surface area contributed by atoms with Crippen molar-refractivity contribution < 1.29 is 14.7 Å². The number of likely N-dealkylation sites (tertiary alicyclic amines) is 1. The van der Waals surface area contributed by atoms with Crippen molar-refractivity contribution >= 4 is 33.6 Å². The largest absolute Gasteiger partial charge is 0.465 e. The molecule has 12 heteroatoms. The molecule has 180 valence electrons. The molecule has 35 heavy (non-hydrogen) atoms. The van der Waals surface area contributed by atoms with E-state index in [1.54, 1.807) is 22.9 Å². The monoisotopic (exact) mass is 493 g/mol. The van der Waals surface area contributed by atoms with Gasteiger partial charge in [0.15, 0.2) is 0 Å². The average Bonchev–Trinajstić information content (AvgIpc) is 3.49. The summed E-state index contributed by atoms with van der Waals surface area (Å²) in [7, 11) is 0. The molecule has 0 atom stereocenters. The standard InChI is InChI=1S/C23H23N7O4S/c24-27-21(31)15-1-3-17(25-10-15)13-29-19-4-2-14(9-20(19)35-23(29)34)16-11-26-30(12-16)18-5-7-28(8-6-18)22(32)33/h1-4,9-12,18H,5-8,13,24H2,(H,27,31)(H,32,33). The van der Waals surface area contributed by atoms with Crippen LogP contribution in [0, 0.1) is 0 Å². The highest BCUT2D eigenvalue weighted by atomic mass is 32.1. The van der Waals surface area contributed by atoms with Crippen molar-refractivity contribution in [3.05, 3.63) is 69.8 Å². The van der Waals surface area contributed by atoms with Gasteiger partial charge in [-0.05, 0) is 42.7 Å². The van der Waals surface area contributed by atoms with Gasteiger partial charge in [-0.2, -0.15) is 5.10 Å². The molecule has 4 aromatic rings. The molecule has 0 radical (unpaired) electrons. The van der Waals surface area contributed by atoms with Gasteiger partial charge in [0.05, 0.1) is 40.3 Å². The molecule has 11 nitrogen and oxygen atoms in total. The lowest BCUT2D eigenvalue weighted by molar-refractivity contribution is 0.0953. The Bertz CT molecular complexity index is 1450. The molecule has 5 rings (SSSR count). The summed E-state index contributed by atoms with van der Waals surface area (Å²) in [4.78, 5) is 41.0. The molecule has 1 fully saturated rings. The number of carbonyl (C=O) groups is 2. The van der Waals surface area contributed by atoms with Gasteiger partial charge in [-0.15, -0.1) is 0 Å². The molecule has 1 saturated heterocycles. The zero-order chi connectivity index (χ0) is 24.5. The Balaban J connectivity index is 1.35. The third-order valence-corrected chi connectivity index (χ3v) is 7.19. The number of rotatable bonds is 5. The van der Waals surface area contributed by atoms with Crippen LogP contribution >= 0.6 is 11.3 Å². The summed E-state index contributed by atoms with van der Waals surface area (Å²) >= 11 is 1.17. The van der Waals surface area contributed by atoms with Crippen LogP contribution in [-0.2, 0) is 6.54 Å². The molecule has 4 heterocycles. The van der Waals surface area contributed by atoms with Gasteiger partial charge in [-0.3, -0.25) is 29.2 Å². The Labute approximate surface area is 203 Å². The van der Waals surface area contributed by atoms with Gasteiger partial charge in [-0.1, -0.05) is 17.4 Å². The maximum atomic E-state index is 12.7. The number of thiazole rings is 1. The number of piperidine rings is 1. The fourth-order valence-corrected chi connectivity index (χ4v) is 5.23. The normalized spacial score (nSPS) is 14.4. The summed E-state index contributed by atoms with van der Waals surface area (Å²) in [6.07, 6.45) is 5.78. The summed E-state index contributed by atoms with van der Waals surface area (Å²) in [5.74, 6) is 4.72. The predicted molar refractivity (Wildman–Crippen MR) is 130 cm³/mol. The summed E-state index contributed by atoms with van der Waals surface area (Å²) in [6, 6.07) is 9.34. The molecular formula is C23H23N7O4S. The van der Waals surface area contributed by atoms with E-state index in [1.165, 1.54) is 22.4 Å². The van der Waals surface area contributed by atoms with Crippen molar-refractivity contribution in [1.29, 1.82) is 0 Å². The molecule has 1 aliphatic heterocycles. The third kappa shape index (κ3) is 4.53. The first-order valence-electron chi connectivity index (χ1n) is 11.0. The molecule has 0 unspecified atom stereocenters. The van der Waals surface area contributed by atoms with Gasteiger partial charge in [0.2, 0.25) is 0 Å². The molecule has 4 N–H and O–H groups in total. The number of hydrazine groups is 1. The minimum absolute atomic E-state index is 0.0939. The van der Waals surface area contributed by atoms with Gasteiger partial charge in [-0.25, -0.2) is 10.6 Å². The molecule has 3 aromatic heterocycles. The highest BCUT2D eigenvalue weighted by Crippen LogP contribution is 2.29. The number of nitrogens with zero attached hydrogens (tertiary/aromatic N) is 5. The Morgan fingerprint density at radius 2 is 1.94 bits per heavy atom. The Hall–Kier alpha value is -4.03. The van der Waals surface area contributed by atoms with Crippen LogP contribution in [0.3, 0.4) is 0 Å². The molecule has 0 bridgehead atoms. The van der Waals surface area contributed by atoms with E-state index in [1.807, 2.05) is 29.1 Å². The Kier molecular flexibility index (Phi) is 6.05. The molecule has 1 aliphatic rings. The fraction of sp³-hybridized carbons (Fsp3) is 0.261. The molecule has 2 amide bonds. The number of hydrogen-bond acceptors (Lipinski definition) is 7. The smallest absolute Gasteiger partial charge is 0.407 e. The second-order valence-corrected chi connectivity index (χ2v) is 9.35. The van der Waals surface area contributed by atoms with Crippen molar-refractivity contribution in [1.82, 2.24) is 29.7 Å². The predicted octanol–water partition coefficient (Wildman–Crippen LogP) is 2.29. The highest BCUT2D eigenvalue weighted by molar-refractivity contribution is 7.16. The Morgan fingerprint density at radius 1 is 1.14 bits per heavy atom. The summed E-state index contributed by atoms with van der Waals surface area (Å²) in [5.41, 5.74) is 5.76. The number of hydrogen-bond donors (Lipinski definition) is 3. The van der Waals surface area contributed by atoms with E-state index in [4.69, 9.17) is 10.9 Å². The number of fused-ring (bicyclic) bond motifs is 1. The quantitative estimate of drug-likeness (QED) is 0.219. The first-order valence-corrected chi connectivity index (χ1v) is 11.9. The van der Waals surface area contributed by atoms with E-state index in [9.17, 15) is 14.4 Å². The maximum Gasteiger partial charge on any atom is 0.407 e. The lowest BCUT2D eigenvalue weighted by Gasteiger charge is -2.30. The summed E-state index contributed by atoms with van der Waals surface area (Å²) < 4.78 is 4.43. The lowest BCUT2D eigenvalue weighted by Crippen LogP contribution is -2.38. The number of nitrogen functional groups attached to an aromatic ring is 1. The number of aromatic nitrogens is 4. The van der Waals surface area contributed by atoms with Crippen LogP contribution in [0.2, 0.25) is 0 Å². The fourth-order valence-electron chi connectivity index (χ4n) is 4.30. The van der Waals surface area contributed by atoms with Gasteiger partial charge < -0.3 is 10.0 Å². The van der Waals surface area contributed by atoms with Crippen LogP contribution in [-0.4, -0.2) is 54.4 Å². The van der Waals surface area contributed by atoms with E-state index >= 15 is 0 Å². The molecule has 0 spiro atoms. The number of carboxylic acid groups (broad SMARTS) is 1. The van der Waals surface area contributed by atoms with Gasteiger partial charge in [0.25, 0.3) is 5.91 Å². The lowest BCUT2D eigenvalue weighted by atomic mass is 10.1. The first kappa shape index (κ1) is 22.7. The Morgan fingerprint density at radius 3 is 2.63 bits per heavy atom. The van der Waals surface area contributed by atoms with Gasteiger partial charge >= 0.3 is 11.0 Å². The number of amides is 2. The minimum Gasteiger partial charge on any atom is -0.465 e. The van der Waals surface area contributed by atoms with Crippen molar-refractivity contribution in [2.75, 3.05) is 13.1 Å². The second kappa shape index (κ2) is 9.31. The zero-order valence-corrected chi connectivity index (χ0v) is 19.4.